The van der Waals surface area contributed by atoms with Crippen LogP contribution in [0.25, 0.3) is 0 Å². The zero-order valence-electron chi connectivity index (χ0n) is 18.4. The molecule has 0 radical (unpaired) electrons. The molecule has 2 aliphatic heterocycles. The van der Waals surface area contributed by atoms with Crippen molar-refractivity contribution in [1.29, 1.82) is 0 Å². The maximum absolute atomic E-state index is 3.02. The Morgan fingerprint density at radius 2 is 1.27 bits per heavy atom. The Morgan fingerprint density at radius 3 is 1.77 bits per heavy atom. The summed E-state index contributed by atoms with van der Waals surface area (Å²) in [5.41, 5.74) is 1.86. The molecule has 26 heavy (non-hydrogen) atoms. The topological polar surface area (TPSA) is 0 Å². The minimum Gasteiger partial charge on any atom is -0.246 e. The van der Waals surface area contributed by atoms with Crippen molar-refractivity contribution in [2.24, 2.45) is 0 Å². The summed E-state index contributed by atoms with van der Waals surface area (Å²) in [7, 11) is 0. The molecule has 2 heteroatoms. The molecule has 3 fully saturated rings. The number of hydrogen-bond donors (Lipinski definition) is 0. The molecular formula is C24H44BLi. The van der Waals surface area contributed by atoms with Crippen LogP contribution in [0.4, 0.5) is 0 Å². The second-order valence-corrected chi connectivity index (χ2v) is 9.92. The van der Waals surface area contributed by atoms with Gasteiger partial charge in [-0.05, 0) is 19.3 Å². The van der Waals surface area contributed by atoms with Gasteiger partial charge in [-0.25, -0.2) is 5.98 Å². The summed E-state index contributed by atoms with van der Waals surface area (Å²) in [5, 5.41) is 0. The Bertz CT molecular complexity index is 402. The molecule has 0 aromatic rings. The fourth-order valence-corrected chi connectivity index (χ4v) is 7.57. The monoisotopic (exact) mass is 350 g/mol. The Balaban J connectivity index is 0.00000243. The summed E-state index contributed by atoms with van der Waals surface area (Å²) in [6.45, 7) is 4.77. The molecule has 2 bridgehead atoms. The minimum atomic E-state index is -0.219. The Kier molecular flexibility index (Phi) is 9.96. The number of rotatable bonds is 8. The number of fused-ring (bicyclic) bond motifs is 2. The minimum absolute atomic E-state index is 0. The van der Waals surface area contributed by atoms with E-state index in [4.69, 9.17) is 0 Å². The normalized spacial score (nSPS) is 32.9. The van der Waals surface area contributed by atoms with Gasteiger partial charge in [0.25, 0.3) is 0 Å². The number of hydrogen-bond acceptors (Lipinski definition) is 0. The number of allylic oxidation sites excluding steroid dienone is 1. The smallest absolute Gasteiger partial charge is 0.246 e. The van der Waals surface area contributed by atoms with Crippen molar-refractivity contribution in [2.75, 3.05) is 0 Å². The van der Waals surface area contributed by atoms with Crippen LogP contribution in [0.1, 0.15) is 123 Å². The van der Waals surface area contributed by atoms with E-state index in [0.717, 1.165) is 17.5 Å². The zero-order valence-corrected chi connectivity index (χ0v) is 18.4. The van der Waals surface area contributed by atoms with Crippen LogP contribution < -0.4 is 18.9 Å². The summed E-state index contributed by atoms with van der Waals surface area (Å²) < 4.78 is 0. The van der Waals surface area contributed by atoms with E-state index in [0.29, 0.717) is 0 Å². The molecule has 2 heterocycles. The quantitative estimate of drug-likeness (QED) is 0.387. The Labute approximate surface area is 176 Å². The van der Waals surface area contributed by atoms with Crippen molar-refractivity contribution in [1.82, 2.24) is 0 Å². The molecule has 0 spiro atoms. The molecule has 144 valence electrons. The summed E-state index contributed by atoms with van der Waals surface area (Å²) in [6.07, 6.45) is 25.2. The van der Waals surface area contributed by atoms with Crippen LogP contribution in [-0.4, -0.2) is 6.15 Å². The average molecular weight is 350 g/mol. The van der Waals surface area contributed by atoms with Crippen molar-refractivity contribution in [3.8, 4) is 0 Å². The van der Waals surface area contributed by atoms with Crippen molar-refractivity contribution < 1.29 is 18.9 Å². The molecule has 0 aromatic heterocycles. The van der Waals surface area contributed by atoms with E-state index in [9.17, 15) is 0 Å². The van der Waals surface area contributed by atoms with Crippen LogP contribution in [0.5, 0.6) is 0 Å². The number of unbranched alkanes of at least 4 members (excludes halogenated alkanes) is 3. The molecule has 0 aromatic carbocycles. The van der Waals surface area contributed by atoms with Crippen LogP contribution in [0, 0.1) is 0 Å². The molecule has 0 nitrogen and oxygen atoms in total. The van der Waals surface area contributed by atoms with E-state index < -0.39 is 0 Å². The molecule has 3 aliphatic rings. The third-order valence-corrected chi connectivity index (χ3v) is 8.73. The first-order chi connectivity index (χ1) is 12.3. The summed E-state index contributed by atoms with van der Waals surface area (Å²) in [6, 6.07) is 0. The Morgan fingerprint density at radius 1 is 0.731 bits per heavy atom. The first-order valence-electron chi connectivity index (χ1n) is 12.2. The standard InChI is InChI=1S/C24H44B.Li/c1-3-5-6-8-13-21(4-2)20-25(22-14-9-7-10-15-22)23-16-11-17-24(25)19-12-18-23;/h20,22-24H,3-19H2,1-2H3;/q-1;+1/b21-20-;. The second-order valence-electron chi connectivity index (χ2n) is 9.92. The van der Waals surface area contributed by atoms with Crippen LogP contribution in [0.2, 0.25) is 17.5 Å². The van der Waals surface area contributed by atoms with Gasteiger partial charge in [-0.1, -0.05) is 104 Å². The molecule has 1 saturated carbocycles. The fraction of sp³-hybridized carbons (Fsp3) is 0.917. The van der Waals surface area contributed by atoms with Crippen molar-refractivity contribution >= 4 is 6.15 Å². The predicted octanol–water partition coefficient (Wildman–Crippen LogP) is 5.73. The van der Waals surface area contributed by atoms with E-state index >= 15 is 0 Å². The Hall–Kier alpha value is 0.402. The van der Waals surface area contributed by atoms with Gasteiger partial charge in [0.05, 0.1) is 0 Å². The van der Waals surface area contributed by atoms with Gasteiger partial charge in [-0.2, -0.15) is 17.5 Å². The van der Waals surface area contributed by atoms with Gasteiger partial charge in [0.15, 0.2) is 0 Å². The third kappa shape index (κ3) is 5.06. The van der Waals surface area contributed by atoms with Gasteiger partial charge < -0.3 is 0 Å². The predicted molar refractivity (Wildman–Crippen MR) is 115 cm³/mol. The van der Waals surface area contributed by atoms with Crippen molar-refractivity contribution in [3.05, 3.63) is 11.5 Å². The van der Waals surface area contributed by atoms with Crippen LogP contribution in [0.3, 0.4) is 0 Å². The average Bonchev–Trinajstić information content (AvgIpc) is 2.64. The fourth-order valence-electron chi connectivity index (χ4n) is 7.57. The van der Waals surface area contributed by atoms with E-state index in [1.165, 1.54) is 70.6 Å². The first kappa shape index (κ1) is 22.7. The second kappa shape index (κ2) is 11.4. The maximum Gasteiger partial charge on any atom is 1.00 e. The van der Waals surface area contributed by atoms with Crippen molar-refractivity contribution in [2.45, 2.75) is 140 Å². The van der Waals surface area contributed by atoms with Crippen LogP contribution in [-0.2, 0) is 0 Å². The molecule has 1 aliphatic carbocycles. The van der Waals surface area contributed by atoms with E-state index in [1.54, 1.807) is 38.5 Å². The van der Waals surface area contributed by atoms with E-state index in [2.05, 4.69) is 19.8 Å². The maximum atomic E-state index is 3.02. The summed E-state index contributed by atoms with van der Waals surface area (Å²) in [5.74, 6) is 6.29. The van der Waals surface area contributed by atoms with Gasteiger partial charge >= 0.3 is 18.9 Å². The van der Waals surface area contributed by atoms with E-state index in [-0.39, 0.29) is 25.0 Å². The van der Waals surface area contributed by atoms with Gasteiger partial charge in [-0.15, -0.1) is 5.57 Å². The molecule has 3 rings (SSSR count). The SMILES string of the molecule is CCCCCC/C(=C\[B-]1(C2CCCCC2)C2CCCC1CCC2)CC.[Li+]. The van der Waals surface area contributed by atoms with Gasteiger partial charge in [0.1, 0.15) is 0 Å². The third-order valence-electron chi connectivity index (χ3n) is 8.73. The van der Waals surface area contributed by atoms with E-state index in [1.807, 2.05) is 5.57 Å². The molecular weight excluding hydrogens is 306 g/mol. The summed E-state index contributed by atoms with van der Waals surface area (Å²) in [4.78, 5) is 0. The van der Waals surface area contributed by atoms with Crippen molar-refractivity contribution in [3.63, 3.8) is 0 Å². The summed E-state index contributed by atoms with van der Waals surface area (Å²) >= 11 is 0. The van der Waals surface area contributed by atoms with Crippen LogP contribution >= 0.6 is 0 Å². The molecule has 2 saturated heterocycles. The molecule has 0 N–H and O–H groups in total. The van der Waals surface area contributed by atoms with Gasteiger partial charge in [-0.3, -0.25) is 0 Å². The van der Waals surface area contributed by atoms with Crippen LogP contribution in [0.15, 0.2) is 11.5 Å². The molecule has 0 unspecified atom stereocenters. The van der Waals surface area contributed by atoms with Gasteiger partial charge in [0, 0.05) is 6.15 Å². The largest absolute Gasteiger partial charge is 1.00 e. The molecule has 0 atom stereocenters. The van der Waals surface area contributed by atoms with Gasteiger partial charge in [0.2, 0.25) is 0 Å². The zero-order chi connectivity index (χ0) is 17.5. The molecule has 0 amide bonds. The first-order valence-corrected chi connectivity index (χ1v) is 12.2.